The van der Waals surface area contributed by atoms with E-state index in [2.05, 4.69) is 31.2 Å². The van der Waals surface area contributed by atoms with Gasteiger partial charge >= 0.3 is 0 Å². The van der Waals surface area contributed by atoms with Crippen molar-refractivity contribution in [3.8, 4) is 0 Å². The van der Waals surface area contributed by atoms with Gasteiger partial charge in [-0.3, -0.25) is 0 Å². The number of rotatable bonds is 4. The zero-order valence-electron chi connectivity index (χ0n) is 14.0. The quantitative estimate of drug-likeness (QED) is 0.565. The Balaban J connectivity index is 0.00000225. The van der Waals surface area contributed by atoms with Gasteiger partial charge in [0.15, 0.2) is 17.5 Å². The van der Waals surface area contributed by atoms with E-state index >= 15 is 0 Å². The van der Waals surface area contributed by atoms with Crippen molar-refractivity contribution in [2.45, 2.75) is 51.4 Å². The fourth-order valence-corrected chi connectivity index (χ4v) is 3.59. The molecule has 1 fully saturated rings. The maximum absolute atomic E-state index is 13.2. The Hall–Kier alpha value is -1.77. The van der Waals surface area contributed by atoms with Crippen LogP contribution in [-0.2, 0) is 12.8 Å². The monoisotopic (exact) mass is 334 g/mol. The minimum absolute atomic E-state index is 0. The van der Waals surface area contributed by atoms with E-state index in [9.17, 15) is 13.2 Å². The van der Waals surface area contributed by atoms with Crippen LogP contribution in [0.1, 0.15) is 56.6 Å². The van der Waals surface area contributed by atoms with E-state index in [-0.39, 0.29) is 1.43 Å². The molecule has 0 aliphatic heterocycles. The van der Waals surface area contributed by atoms with Crippen molar-refractivity contribution < 1.29 is 14.6 Å². The maximum atomic E-state index is 13.2. The Labute approximate surface area is 143 Å². The summed E-state index contributed by atoms with van der Waals surface area (Å²) in [6, 6.07) is 10.7. The smallest absolute Gasteiger partial charge is 0.194 e. The van der Waals surface area contributed by atoms with Gasteiger partial charge in [0.05, 0.1) is 0 Å². The standard InChI is InChI=1S/C21H23F3.H2/c1-14-2-8-17(9-3-14)18-10-6-15(7-11-18)4-5-16-12-19(22)21(24)20(23)13-16;/h6-7,10-14,17H,2-5,8-9H2,1H3;1H. The summed E-state index contributed by atoms with van der Waals surface area (Å²) in [4.78, 5) is 0. The number of aryl methyl sites for hydroxylation is 2. The zero-order valence-corrected chi connectivity index (χ0v) is 14.0. The molecular weight excluding hydrogens is 309 g/mol. The molecular formula is C21H25F3. The van der Waals surface area contributed by atoms with Crippen LogP contribution >= 0.6 is 0 Å². The summed E-state index contributed by atoms with van der Waals surface area (Å²) in [5.74, 6) is -2.13. The van der Waals surface area contributed by atoms with Gasteiger partial charge in [-0.05, 0) is 66.3 Å². The lowest BCUT2D eigenvalue weighted by Gasteiger charge is -2.26. The van der Waals surface area contributed by atoms with Gasteiger partial charge in [-0.15, -0.1) is 0 Å². The van der Waals surface area contributed by atoms with Crippen LogP contribution in [0.5, 0.6) is 0 Å². The molecule has 0 spiro atoms. The summed E-state index contributed by atoms with van der Waals surface area (Å²) in [5.41, 5.74) is 3.01. The predicted octanol–water partition coefficient (Wildman–Crippen LogP) is 6.43. The van der Waals surface area contributed by atoms with Crippen molar-refractivity contribution in [2.75, 3.05) is 0 Å². The molecule has 0 radical (unpaired) electrons. The molecule has 1 saturated carbocycles. The van der Waals surface area contributed by atoms with Crippen molar-refractivity contribution >= 4 is 0 Å². The zero-order chi connectivity index (χ0) is 17.1. The highest BCUT2D eigenvalue weighted by Crippen LogP contribution is 2.35. The SMILES string of the molecule is CC1CCC(c2ccc(CCc3cc(F)c(F)c(F)c3)cc2)CC1.[HH]. The highest BCUT2D eigenvalue weighted by atomic mass is 19.2. The van der Waals surface area contributed by atoms with Crippen LogP contribution in [0.2, 0.25) is 0 Å². The Morgan fingerprint density at radius 1 is 0.833 bits per heavy atom. The number of halogens is 3. The molecule has 1 aliphatic carbocycles. The minimum atomic E-state index is -1.40. The number of hydrogen-bond donors (Lipinski definition) is 0. The molecule has 2 aromatic rings. The van der Waals surface area contributed by atoms with Crippen molar-refractivity contribution in [1.29, 1.82) is 0 Å². The average Bonchev–Trinajstić information content (AvgIpc) is 2.59. The largest absolute Gasteiger partial charge is 0.204 e. The van der Waals surface area contributed by atoms with Gasteiger partial charge in [-0.2, -0.15) is 0 Å². The highest BCUT2D eigenvalue weighted by molar-refractivity contribution is 5.27. The molecule has 0 unspecified atom stereocenters. The van der Waals surface area contributed by atoms with Crippen LogP contribution in [0, 0.1) is 23.4 Å². The summed E-state index contributed by atoms with van der Waals surface area (Å²) in [5, 5.41) is 0. The summed E-state index contributed by atoms with van der Waals surface area (Å²) in [6.45, 7) is 2.32. The van der Waals surface area contributed by atoms with Gasteiger partial charge < -0.3 is 0 Å². The van der Waals surface area contributed by atoms with E-state index in [1.54, 1.807) is 0 Å². The summed E-state index contributed by atoms with van der Waals surface area (Å²) in [6.07, 6.45) is 6.30. The molecule has 0 N–H and O–H groups in total. The topological polar surface area (TPSA) is 0 Å². The first-order valence-corrected chi connectivity index (χ1v) is 8.75. The van der Waals surface area contributed by atoms with E-state index in [4.69, 9.17) is 0 Å². The number of hydrogen-bond acceptors (Lipinski definition) is 0. The second-order valence-corrected chi connectivity index (χ2v) is 7.07. The Morgan fingerprint density at radius 3 is 1.96 bits per heavy atom. The molecule has 0 heterocycles. The molecule has 3 rings (SSSR count). The maximum Gasteiger partial charge on any atom is 0.194 e. The van der Waals surface area contributed by atoms with E-state index < -0.39 is 17.5 Å². The molecule has 0 bridgehead atoms. The first-order valence-electron chi connectivity index (χ1n) is 8.75. The van der Waals surface area contributed by atoms with Crippen LogP contribution in [0.4, 0.5) is 13.2 Å². The van der Waals surface area contributed by atoms with Gasteiger partial charge in [0, 0.05) is 1.43 Å². The van der Waals surface area contributed by atoms with Crippen molar-refractivity contribution in [3.63, 3.8) is 0 Å². The van der Waals surface area contributed by atoms with Crippen molar-refractivity contribution in [3.05, 3.63) is 70.5 Å². The molecule has 1 aliphatic rings. The molecule has 2 aromatic carbocycles. The third-order valence-electron chi connectivity index (χ3n) is 5.21. The summed E-state index contributed by atoms with van der Waals surface area (Å²) >= 11 is 0. The second kappa shape index (κ2) is 7.42. The van der Waals surface area contributed by atoms with Crippen molar-refractivity contribution in [1.82, 2.24) is 0 Å². The van der Waals surface area contributed by atoms with Gasteiger partial charge in [0.25, 0.3) is 0 Å². The highest BCUT2D eigenvalue weighted by Gasteiger charge is 2.19. The van der Waals surface area contributed by atoms with Crippen LogP contribution in [0.15, 0.2) is 36.4 Å². The third-order valence-corrected chi connectivity index (χ3v) is 5.21. The lowest BCUT2D eigenvalue weighted by molar-refractivity contribution is 0.348. The van der Waals surface area contributed by atoms with E-state index in [0.717, 1.165) is 23.6 Å². The summed E-state index contributed by atoms with van der Waals surface area (Å²) < 4.78 is 39.4. The predicted molar refractivity (Wildman–Crippen MR) is 92.7 cm³/mol. The van der Waals surface area contributed by atoms with E-state index in [0.29, 0.717) is 24.3 Å². The molecule has 130 valence electrons. The Morgan fingerprint density at radius 2 is 1.38 bits per heavy atom. The third kappa shape index (κ3) is 4.00. The number of benzene rings is 2. The second-order valence-electron chi connectivity index (χ2n) is 7.07. The molecule has 0 saturated heterocycles. The van der Waals surface area contributed by atoms with E-state index in [1.165, 1.54) is 31.2 Å². The molecule has 3 heteroatoms. The molecule has 0 nitrogen and oxygen atoms in total. The normalized spacial score (nSPS) is 21.0. The van der Waals surface area contributed by atoms with Gasteiger partial charge in [0.2, 0.25) is 0 Å². The van der Waals surface area contributed by atoms with Gasteiger partial charge in [0.1, 0.15) is 0 Å². The Bertz CT molecular complexity index is 666. The first-order chi connectivity index (χ1) is 11.5. The molecule has 0 atom stereocenters. The van der Waals surface area contributed by atoms with Crippen LogP contribution < -0.4 is 0 Å². The minimum Gasteiger partial charge on any atom is -0.204 e. The lowest BCUT2D eigenvalue weighted by atomic mass is 9.79. The fourth-order valence-electron chi connectivity index (χ4n) is 3.59. The van der Waals surface area contributed by atoms with Gasteiger partial charge in [-0.25, -0.2) is 13.2 Å². The molecule has 24 heavy (non-hydrogen) atoms. The van der Waals surface area contributed by atoms with E-state index in [1.807, 2.05) is 0 Å². The van der Waals surface area contributed by atoms with Crippen LogP contribution in [0.3, 0.4) is 0 Å². The molecule has 0 amide bonds. The summed E-state index contributed by atoms with van der Waals surface area (Å²) in [7, 11) is 0. The lowest BCUT2D eigenvalue weighted by Crippen LogP contribution is -2.10. The average molecular weight is 334 g/mol. The first kappa shape index (κ1) is 17.1. The molecule has 0 aromatic heterocycles. The van der Waals surface area contributed by atoms with Crippen LogP contribution in [0.25, 0.3) is 0 Å². The van der Waals surface area contributed by atoms with Crippen molar-refractivity contribution in [2.24, 2.45) is 5.92 Å². The fraction of sp³-hybridized carbons (Fsp3) is 0.429. The van der Waals surface area contributed by atoms with Crippen LogP contribution in [-0.4, -0.2) is 0 Å². The Kier molecular flexibility index (Phi) is 5.27. The van der Waals surface area contributed by atoms with Gasteiger partial charge in [-0.1, -0.05) is 44.0 Å².